The minimum atomic E-state index is 0.105. The Morgan fingerprint density at radius 1 is 0.408 bits per heavy atom. The Hall–Kier alpha value is -3.83. The van der Waals surface area contributed by atoms with Gasteiger partial charge in [-0.2, -0.15) is 0 Å². The first-order valence-electron chi connectivity index (χ1n) is 16.7. The summed E-state index contributed by atoms with van der Waals surface area (Å²) in [5.41, 5.74) is 10.8. The Bertz CT molecular complexity index is 1950. The van der Waals surface area contributed by atoms with Crippen LogP contribution in [0.4, 0.5) is 0 Å². The maximum Gasteiger partial charge on any atom is 0.141 e. The van der Waals surface area contributed by atoms with Crippen LogP contribution in [0.25, 0.3) is 0 Å². The lowest BCUT2D eigenvalue weighted by Gasteiger charge is -2.35. The Morgan fingerprint density at radius 3 is 1.14 bits per heavy atom. The minimum Gasteiger partial charge on any atom is -0.455 e. The van der Waals surface area contributed by atoms with Gasteiger partial charge in [-0.3, -0.25) is 0 Å². The van der Waals surface area contributed by atoms with Gasteiger partial charge in [-0.1, -0.05) is 132 Å². The molecule has 0 saturated heterocycles. The monoisotopic (exact) mass is 696 g/mol. The van der Waals surface area contributed by atoms with Gasteiger partial charge in [-0.05, 0) is 124 Å². The van der Waals surface area contributed by atoms with Gasteiger partial charge in [0.25, 0.3) is 0 Å². The number of benzene rings is 6. The van der Waals surface area contributed by atoms with E-state index in [2.05, 4.69) is 177 Å². The molecule has 0 saturated carbocycles. The Balaban J connectivity index is 0.000000128. The Morgan fingerprint density at radius 2 is 0.735 bits per heavy atom. The number of ether oxygens (including phenoxy) is 1. The van der Waals surface area contributed by atoms with Gasteiger partial charge in [0.15, 0.2) is 0 Å². The van der Waals surface area contributed by atoms with E-state index in [1.165, 1.54) is 73.9 Å². The third-order valence-corrected chi connectivity index (χ3v) is 12.0. The third kappa shape index (κ3) is 8.49. The molecule has 0 radical (unpaired) electrons. The van der Waals surface area contributed by atoms with E-state index in [4.69, 9.17) is 4.74 Å². The summed E-state index contributed by atoms with van der Waals surface area (Å²) in [5, 5.41) is 0. The van der Waals surface area contributed by atoms with Crippen LogP contribution in [0.15, 0.2) is 151 Å². The third-order valence-electron chi connectivity index (χ3n) is 8.75. The summed E-state index contributed by atoms with van der Waals surface area (Å²) >= 11 is 5.48. The molecule has 0 spiro atoms. The lowest BCUT2D eigenvalue weighted by molar-refractivity contribution is 0.453. The van der Waals surface area contributed by atoms with E-state index in [-0.39, 0.29) is 5.41 Å². The van der Waals surface area contributed by atoms with Crippen LogP contribution in [0.3, 0.4) is 0 Å². The van der Waals surface area contributed by atoms with Crippen LogP contribution in [-0.2, 0) is 5.41 Å². The number of hydrogen-bond acceptors (Lipinski definition) is 4. The molecule has 0 N–H and O–H groups in total. The molecule has 6 aromatic carbocycles. The second-order valence-electron chi connectivity index (χ2n) is 13.6. The van der Waals surface area contributed by atoms with Gasteiger partial charge in [0, 0.05) is 25.0 Å². The van der Waals surface area contributed by atoms with Crippen molar-refractivity contribution in [2.75, 3.05) is 0 Å². The van der Waals surface area contributed by atoms with Gasteiger partial charge in [0.05, 0.1) is 9.79 Å². The smallest absolute Gasteiger partial charge is 0.141 e. The number of fused-ring (bicyclic) bond motifs is 4. The van der Waals surface area contributed by atoms with E-state index in [0.717, 1.165) is 11.5 Å². The van der Waals surface area contributed by atoms with E-state index in [9.17, 15) is 0 Å². The summed E-state index contributed by atoms with van der Waals surface area (Å²) in [6.45, 7) is 17.4. The summed E-state index contributed by atoms with van der Waals surface area (Å²) in [7, 11) is 0. The topological polar surface area (TPSA) is 9.23 Å². The summed E-state index contributed by atoms with van der Waals surface area (Å²) < 4.78 is 5.92. The van der Waals surface area contributed by atoms with Gasteiger partial charge in [-0.15, -0.1) is 0 Å². The van der Waals surface area contributed by atoms with E-state index in [1.54, 1.807) is 23.5 Å². The Labute approximate surface area is 305 Å². The molecule has 2 heterocycles. The van der Waals surface area contributed by atoms with Crippen molar-refractivity contribution in [3.05, 3.63) is 166 Å². The van der Waals surface area contributed by atoms with E-state index < -0.39 is 0 Å². The normalized spacial score (nSPS) is 13.1. The fourth-order valence-corrected chi connectivity index (χ4v) is 8.94. The first-order valence-corrected chi connectivity index (χ1v) is 19.2. The van der Waals surface area contributed by atoms with Crippen LogP contribution in [0.2, 0.25) is 0 Å². The molecule has 0 unspecified atom stereocenters. The largest absolute Gasteiger partial charge is 0.455 e. The number of hydrogen-bond donors (Lipinski definition) is 0. The highest BCUT2D eigenvalue weighted by Gasteiger charge is 2.33. The lowest BCUT2D eigenvalue weighted by Crippen LogP contribution is -2.24. The van der Waals surface area contributed by atoms with E-state index in [0.29, 0.717) is 0 Å². The van der Waals surface area contributed by atoms with Crippen LogP contribution in [0.1, 0.15) is 58.4 Å². The van der Waals surface area contributed by atoms with Crippen LogP contribution >= 0.6 is 35.3 Å². The summed E-state index contributed by atoms with van der Waals surface area (Å²) in [6.07, 6.45) is 0. The molecule has 2 aliphatic rings. The molecule has 8 rings (SSSR count). The SMILES string of the molecule is Cc1ccc(Sc2ccc(C)cc2)cc1.Cc1ccc2c(c1)C(C)(C)c1cc(C)ccc1S2.Cc1ccc2c(c1)Oc1cc(C)ccc1S2. The second kappa shape index (κ2) is 15.0. The van der Waals surface area contributed by atoms with Crippen molar-refractivity contribution in [3.63, 3.8) is 0 Å². The first-order chi connectivity index (χ1) is 23.4. The molecule has 2 aliphatic heterocycles. The fourth-order valence-electron chi connectivity index (χ4n) is 5.85. The van der Waals surface area contributed by atoms with Crippen molar-refractivity contribution in [1.29, 1.82) is 0 Å². The van der Waals surface area contributed by atoms with Gasteiger partial charge in [-0.25, -0.2) is 0 Å². The highest BCUT2D eigenvalue weighted by Crippen LogP contribution is 2.50. The second-order valence-corrected chi connectivity index (χ2v) is 16.9. The molecule has 0 aromatic heterocycles. The molecular weight excluding hydrogens is 653 g/mol. The molecule has 1 nitrogen and oxygen atoms in total. The standard InChI is InChI=1S/C17H18S.C14H12OS.C14H14S/c1-11-5-7-15-13(9-11)17(3,4)14-10-12(2)6-8-16(14)18-15;1-9-3-5-13-11(7-9)15-12-8-10(2)4-6-14(12)16-13;1-11-3-7-13(8-4-11)15-14-9-5-12(2)6-10-14/h5-10H,1-4H3;3-8H,1-2H3;3-10H,1-2H3. The van der Waals surface area contributed by atoms with Gasteiger partial charge < -0.3 is 4.74 Å². The molecule has 6 aromatic rings. The molecule has 49 heavy (non-hydrogen) atoms. The molecule has 248 valence electrons. The van der Waals surface area contributed by atoms with Crippen molar-refractivity contribution < 1.29 is 4.74 Å². The first kappa shape index (κ1) is 35.0. The summed E-state index contributed by atoms with van der Waals surface area (Å²) in [6, 6.07) is 43.6. The fraction of sp³-hybridized carbons (Fsp3) is 0.200. The molecular formula is C45H44OS3. The highest BCUT2D eigenvalue weighted by molar-refractivity contribution is 8.00. The highest BCUT2D eigenvalue weighted by atomic mass is 32.2. The molecule has 0 bridgehead atoms. The van der Waals surface area contributed by atoms with Crippen molar-refractivity contribution in [1.82, 2.24) is 0 Å². The average Bonchev–Trinajstić information content (AvgIpc) is 3.07. The predicted molar refractivity (Wildman–Crippen MR) is 212 cm³/mol. The van der Waals surface area contributed by atoms with Gasteiger partial charge >= 0.3 is 0 Å². The molecule has 0 aliphatic carbocycles. The number of aryl methyl sites for hydroxylation is 6. The molecule has 0 fully saturated rings. The maximum absolute atomic E-state index is 5.92. The summed E-state index contributed by atoms with van der Waals surface area (Å²) in [5.74, 6) is 1.95. The quantitative estimate of drug-likeness (QED) is 0.178. The van der Waals surface area contributed by atoms with Crippen LogP contribution < -0.4 is 4.74 Å². The van der Waals surface area contributed by atoms with E-state index >= 15 is 0 Å². The van der Waals surface area contributed by atoms with Crippen LogP contribution in [0, 0.1) is 41.5 Å². The molecule has 4 heteroatoms. The zero-order chi connectivity index (χ0) is 34.7. The Kier molecular flexibility index (Phi) is 10.7. The zero-order valence-corrected chi connectivity index (χ0v) is 32.1. The van der Waals surface area contributed by atoms with Crippen molar-refractivity contribution in [3.8, 4) is 11.5 Å². The predicted octanol–water partition coefficient (Wildman–Crippen LogP) is 14.1. The summed E-state index contributed by atoms with van der Waals surface area (Å²) in [4.78, 5) is 7.79. The van der Waals surface area contributed by atoms with Gasteiger partial charge in [0.1, 0.15) is 11.5 Å². The minimum absolute atomic E-state index is 0.105. The molecule has 0 amide bonds. The zero-order valence-electron chi connectivity index (χ0n) is 29.7. The molecule has 0 atom stereocenters. The van der Waals surface area contributed by atoms with Gasteiger partial charge in [0.2, 0.25) is 0 Å². The number of rotatable bonds is 2. The van der Waals surface area contributed by atoms with Crippen molar-refractivity contribution in [2.45, 2.75) is 90.2 Å². The van der Waals surface area contributed by atoms with Crippen LogP contribution in [0.5, 0.6) is 11.5 Å². The van der Waals surface area contributed by atoms with E-state index in [1.807, 2.05) is 11.8 Å². The average molecular weight is 697 g/mol. The van der Waals surface area contributed by atoms with Crippen molar-refractivity contribution >= 4 is 35.3 Å². The van der Waals surface area contributed by atoms with Crippen LogP contribution in [-0.4, -0.2) is 0 Å². The van der Waals surface area contributed by atoms with Crippen molar-refractivity contribution in [2.24, 2.45) is 0 Å². The lowest BCUT2D eigenvalue weighted by atomic mass is 9.77. The maximum atomic E-state index is 5.92.